The summed E-state index contributed by atoms with van der Waals surface area (Å²) >= 11 is 0. The molecule has 0 unspecified atom stereocenters. The Hall–Kier alpha value is -2.81. The smallest absolute Gasteiger partial charge is 0.393 e. The van der Waals surface area contributed by atoms with Gasteiger partial charge in [-0.15, -0.1) is 0 Å². The van der Waals surface area contributed by atoms with Crippen molar-refractivity contribution in [1.29, 1.82) is 0 Å². The molecule has 1 saturated heterocycles. The molecule has 166 valence electrons. The average molecular weight is 435 g/mol. The molecule has 2 atom stereocenters. The highest BCUT2D eigenvalue weighted by molar-refractivity contribution is 6.03. The van der Waals surface area contributed by atoms with Gasteiger partial charge in [0.2, 0.25) is 0 Å². The van der Waals surface area contributed by atoms with Crippen molar-refractivity contribution in [3.63, 3.8) is 0 Å². The fourth-order valence-corrected chi connectivity index (χ4v) is 4.13. The lowest BCUT2D eigenvalue weighted by Crippen LogP contribution is -2.46. The number of halogens is 3. The molecular formula is C22H24F3N3O3. The third-order valence-corrected chi connectivity index (χ3v) is 5.79. The molecule has 0 saturated carbocycles. The SMILES string of the molecule is COc1ccc(C2=NN(C(=O)CN3CCC[C@H](C(F)(F)F)C3)[C@@H](c3ccco3)C2)cc1. The van der Waals surface area contributed by atoms with E-state index in [0.717, 1.165) is 5.56 Å². The van der Waals surface area contributed by atoms with Crippen LogP contribution in [0.25, 0.3) is 0 Å². The van der Waals surface area contributed by atoms with E-state index in [1.165, 1.54) is 11.3 Å². The Bertz CT molecular complexity index is 926. The lowest BCUT2D eigenvalue weighted by Gasteiger charge is -2.34. The molecule has 1 aromatic carbocycles. The van der Waals surface area contributed by atoms with Crippen LogP contribution in [0.5, 0.6) is 5.75 Å². The first-order valence-electron chi connectivity index (χ1n) is 10.2. The van der Waals surface area contributed by atoms with Crippen LogP contribution in [0.2, 0.25) is 0 Å². The highest BCUT2D eigenvalue weighted by Gasteiger charge is 2.43. The summed E-state index contributed by atoms with van der Waals surface area (Å²) in [5.74, 6) is -0.436. The van der Waals surface area contributed by atoms with E-state index in [0.29, 0.717) is 36.6 Å². The maximum atomic E-state index is 13.1. The quantitative estimate of drug-likeness (QED) is 0.705. The van der Waals surface area contributed by atoms with Gasteiger partial charge >= 0.3 is 6.18 Å². The number of alkyl halides is 3. The molecule has 6 nitrogen and oxygen atoms in total. The Kier molecular flexibility index (Phi) is 6.04. The van der Waals surface area contributed by atoms with Crippen molar-refractivity contribution in [2.24, 2.45) is 11.0 Å². The van der Waals surface area contributed by atoms with E-state index in [-0.39, 0.29) is 25.4 Å². The molecule has 2 aliphatic rings. The van der Waals surface area contributed by atoms with Crippen LogP contribution in [0.4, 0.5) is 13.2 Å². The maximum Gasteiger partial charge on any atom is 0.393 e. The zero-order valence-corrected chi connectivity index (χ0v) is 17.1. The normalized spacial score (nSPS) is 22.5. The summed E-state index contributed by atoms with van der Waals surface area (Å²) in [5, 5.41) is 5.89. The number of carbonyl (C=O) groups is 1. The van der Waals surface area contributed by atoms with Crippen LogP contribution in [0.1, 0.15) is 36.6 Å². The monoisotopic (exact) mass is 435 g/mol. The fraction of sp³-hybridized carbons (Fsp3) is 0.455. The van der Waals surface area contributed by atoms with Crippen LogP contribution in [0.3, 0.4) is 0 Å². The Morgan fingerprint density at radius 1 is 1.26 bits per heavy atom. The van der Waals surface area contributed by atoms with Gasteiger partial charge < -0.3 is 9.15 Å². The van der Waals surface area contributed by atoms with Gasteiger partial charge in [0.05, 0.1) is 31.5 Å². The van der Waals surface area contributed by atoms with E-state index in [2.05, 4.69) is 5.10 Å². The summed E-state index contributed by atoms with van der Waals surface area (Å²) in [6.07, 6.45) is -1.74. The third kappa shape index (κ3) is 4.76. The number of furan rings is 1. The molecule has 2 aliphatic heterocycles. The Labute approximate surface area is 178 Å². The molecule has 1 fully saturated rings. The zero-order valence-electron chi connectivity index (χ0n) is 17.1. The third-order valence-electron chi connectivity index (χ3n) is 5.79. The minimum absolute atomic E-state index is 0.104. The lowest BCUT2D eigenvalue weighted by atomic mass is 9.97. The van der Waals surface area contributed by atoms with Crippen molar-refractivity contribution in [2.45, 2.75) is 31.5 Å². The highest BCUT2D eigenvalue weighted by atomic mass is 19.4. The number of hydrogen-bond acceptors (Lipinski definition) is 5. The Balaban J connectivity index is 1.52. The maximum absolute atomic E-state index is 13.1. The second-order valence-corrected chi connectivity index (χ2v) is 7.86. The van der Waals surface area contributed by atoms with E-state index in [4.69, 9.17) is 9.15 Å². The molecule has 0 N–H and O–H groups in total. The number of hydrogen-bond donors (Lipinski definition) is 0. The van der Waals surface area contributed by atoms with E-state index < -0.39 is 18.1 Å². The van der Waals surface area contributed by atoms with Crippen molar-refractivity contribution in [2.75, 3.05) is 26.7 Å². The van der Waals surface area contributed by atoms with Crippen LogP contribution in [-0.2, 0) is 4.79 Å². The van der Waals surface area contributed by atoms with Gasteiger partial charge in [-0.3, -0.25) is 9.69 Å². The van der Waals surface area contributed by atoms with Crippen LogP contribution in [-0.4, -0.2) is 54.4 Å². The summed E-state index contributed by atoms with van der Waals surface area (Å²) in [5.41, 5.74) is 1.56. The van der Waals surface area contributed by atoms with E-state index >= 15 is 0 Å². The van der Waals surface area contributed by atoms with Crippen LogP contribution >= 0.6 is 0 Å². The van der Waals surface area contributed by atoms with Gasteiger partial charge in [-0.25, -0.2) is 5.01 Å². The molecule has 0 radical (unpaired) electrons. The second kappa shape index (κ2) is 8.74. The minimum Gasteiger partial charge on any atom is -0.497 e. The van der Waals surface area contributed by atoms with Crippen molar-refractivity contribution < 1.29 is 27.1 Å². The van der Waals surface area contributed by atoms with Gasteiger partial charge in [0.1, 0.15) is 17.6 Å². The number of benzene rings is 1. The number of carbonyl (C=O) groups excluding carboxylic acids is 1. The molecule has 2 aromatic rings. The first-order valence-corrected chi connectivity index (χ1v) is 10.2. The van der Waals surface area contributed by atoms with Crippen molar-refractivity contribution >= 4 is 11.6 Å². The number of likely N-dealkylation sites (tertiary alicyclic amines) is 1. The number of piperidine rings is 1. The molecular weight excluding hydrogens is 411 g/mol. The molecule has 0 bridgehead atoms. The first kappa shape index (κ1) is 21.4. The fourth-order valence-electron chi connectivity index (χ4n) is 4.13. The molecule has 0 spiro atoms. The number of amides is 1. The highest BCUT2D eigenvalue weighted by Crippen LogP contribution is 2.35. The number of nitrogens with zero attached hydrogens (tertiary/aromatic N) is 3. The van der Waals surface area contributed by atoms with E-state index in [1.54, 1.807) is 24.1 Å². The van der Waals surface area contributed by atoms with Crippen LogP contribution < -0.4 is 4.74 Å². The lowest BCUT2D eigenvalue weighted by molar-refractivity contribution is -0.187. The average Bonchev–Trinajstić information content (AvgIpc) is 3.43. The van der Waals surface area contributed by atoms with Gasteiger partial charge in [0.15, 0.2) is 0 Å². The summed E-state index contributed by atoms with van der Waals surface area (Å²) in [6.45, 7) is 0.194. The van der Waals surface area contributed by atoms with Crippen molar-refractivity contribution in [3.8, 4) is 5.75 Å². The largest absolute Gasteiger partial charge is 0.497 e. The molecule has 9 heteroatoms. The Morgan fingerprint density at radius 3 is 2.68 bits per heavy atom. The summed E-state index contributed by atoms with van der Waals surface area (Å²) in [7, 11) is 1.58. The standard InChI is InChI=1S/C22H24F3N3O3/c1-30-17-8-6-15(7-9-17)18-12-19(20-5-3-11-31-20)28(26-18)21(29)14-27-10-2-4-16(13-27)22(23,24)25/h3,5-9,11,16,19H,2,4,10,12-14H2,1H3/t16-,19+/m0/s1. The minimum atomic E-state index is -4.24. The van der Waals surface area contributed by atoms with Gasteiger partial charge in [0.25, 0.3) is 5.91 Å². The van der Waals surface area contributed by atoms with Crippen molar-refractivity contribution in [1.82, 2.24) is 9.91 Å². The number of methoxy groups -OCH3 is 1. The van der Waals surface area contributed by atoms with Gasteiger partial charge in [-0.05, 0) is 61.3 Å². The molecule has 1 amide bonds. The summed E-state index contributed by atoms with van der Waals surface area (Å²) in [4.78, 5) is 14.7. The predicted octanol–water partition coefficient (Wildman–Crippen LogP) is 4.24. The molecule has 1 aromatic heterocycles. The second-order valence-electron chi connectivity index (χ2n) is 7.86. The molecule has 31 heavy (non-hydrogen) atoms. The number of hydrazone groups is 1. The van der Waals surface area contributed by atoms with Crippen LogP contribution in [0, 0.1) is 5.92 Å². The van der Waals surface area contributed by atoms with Gasteiger partial charge in [0, 0.05) is 13.0 Å². The first-order chi connectivity index (χ1) is 14.8. The van der Waals surface area contributed by atoms with Crippen LogP contribution in [0.15, 0.2) is 52.2 Å². The predicted molar refractivity (Wildman–Crippen MR) is 108 cm³/mol. The molecule has 0 aliphatic carbocycles. The van der Waals surface area contributed by atoms with Crippen molar-refractivity contribution in [3.05, 3.63) is 54.0 Å². The van der Waals surface area contributed by atoms with Gasteiger partial charge in [-0.2, -0.15) is 18.3 Å². The summed E-state index contributed by atoms with van der Waals surface area (Å²) in [6, 6.07) is 10.4. The van der Waals surface area contributed by atoms with E-state index in [9.17, 15) is 18.0 Å². The summed E-state index contributed by atoms with van der Waals surface area (Å²) < 4.78 is 50.1. The van der Waals surface area contributed by atoms with E-state index in [1.807, 2.05) is 24.3 Å². The number of ether oxygens (including phenoxy) is 1. The number of rotatable bonds is 5. The Morgan fingerprint density at radius 2 is 2.03 bits per heavy atom. The molecule has 4 rings (SSSR count). The topological polar surface area (TPSA) is 58.3 Å². The molecule has 3 heterocycles. The zero-order chi connectivity index (χ0) is 22.0. The van der Waals surface area contributed by atoms with Gasteiger partial charge in [-0.1, -0.05) is 0 Å².